The highest BCUT2D eigenvalue weighted by atomic mass is 19.1. The summed E-state index contributed by atoms with van der Waals surface area (Å²) in [5.74, 6) is -0.372. The van der Waals surface area contributed by atoms with Crippen LogP contribution in [0.1, 0.15) is 44.9 Å². The first-order valence-corrected chi connectivity index (χ1v) is 13.5. The number of piperazine rings is 1. The number of benzene rings is 2. The molecule has 1 aromatic heterocycles. The van der Waals surface area contributed by atoms with Crippen molar-refractivity contribution in [2.75, 3.05) is 32.7 Å². The second kappa shape index (κ2) is 10.4. The Morgan fingerprint density at radius 1 is 1.05 bits per heavy atom. The van der Waals surface area contributed by atoms with E-state index in [-0.39, 0.29) is 41.3 Å². The Balaban J connectivity index is 1.10. The number of hydrogen-bond acceptors (Lipinski definition) is 6. The van der Waals surface area contributed by atoms with Gasteiger partial charge in [-0.25, -0.2) is 14.8 Å². The van der Waals surface area contributed by atoms with Crippen molar-refractivity contribution in [3.63, 3.8) is 0 Å². The zero-order chi connectivity index (χ0) is 27.1. The fourth-order valence-electron chi connectivity index (χ4n) is 6.01. The predicted octanol–water partition coefficient (Wildman–Crippen LogP) is 1.52. The Labute approximate surface area is 225 Å². The molecule has 0 spiro atoms. The summed E-state index contributed by atoms with van der Waals surface area (Å²) in [6.07, 6.45) is 2.33. The minimum Gasteiger partial charge on any atom is -0.342 e. The second-order valence-electron chi connectivity index (χ2n) is 10.6. The minimum atomic E-state index is -0.566. The zero-order valence-electron chi connectivity index (χ0n) is 21.8. The van der Waals surface area contributed by atoms with Crippen molar-refractivity contribution in [3.8, 4) is 0 Å². The van der Waals surface area contributed by atoms with E-state index in [1.807, 2.05) is 13.0 Å². The summed E-state index contributed by atoms with van der Waals surface area (Å²) in [6.45, 7) is 4.10. The van der Waals surface area contributed by atoms with Crippen molar-refractivity contribution in [1.29, 1.82) is 0 Å². The van der Waals surface area contributed by atoms with E-state index < -0.39 is 5.82 Å². The molecule has 3 atom stereocenters. The molecule has 39 heavy (non-hydrogen) atoms. The van der Waals surface area contributed by atoms with Gasteiger partial charge in [0, 0.05) is 43.8 Å². The molecule has 3 aliphatic heterocycles. The van der Waals surface area contributed by atoms with E-state index in [1.54, 1.807) is 34.1 Å². The van der Waals surface area contributed by atoms with Gasteiger partial charge in [-0.1, -0.05) is 6.07 Å². The normalized spacial score (nSPS) is 23.4. The molecule has 3 aromatic rings. The quantitative estimate of drug-likeness (QED) is 0.404. The summed E-state index contributed by atoms with van der Waals surface area (Å²) >= 11 is 0. The molecule has 0 radical (unpaired) electrons. The maximum atomic E-state index is 14.8. The molecular weight excluding hydrogens is 501 g/mol. The molecule has 10 nitrogen and oxygen atoms in total. The third kappa shape index (κ3) is 4.99. The molecule has 3 unspecified atom stereocenters. The number of amides is 3. The number of fused-ring (bicyclic) bond motifs is 2. The van der Waals surface area contributed by atoms with Gasteiger partial charge in [0.1, 0.15) is 11.6 Å². The van der Waals surface area contributed by atoms with Gasteiger partial charge in [-0.3, -0.25) is 19.8 Å². The monoisotopic (exact) mass is 533 g/mol. The standard InChI is InChI=1S/C28H32FN7O3/c1-16-31-22-7-5-18(15-23(22)32-16)27(38)35-9-11-36(12-10-35)28(39)20-13-17(4-6-21(20)29)14-24-25-19(3-2-8-30-25)26(37)34-33-24/h4-7,13,15,19,24-25,30,33H,2-3,8-12,14H2,1H3,(H,31,32)(H,34,37). The number of halogens is 1. The number of carbonyl (C=O) groups is 3. The summed E-state index contributed by atoms with van der Waals surface area (Å²) in [4.78, 5) is 49.5. The van der Waals surface area contributed by atoms with Crippen molar-refractivity contribution in [1.82, 2.24) is 35.9 Å². The highest BCUT2D eigenvalue weighted by Gasteiger charge is 2.40. The number of hydrogen-bond donors (Lipinski definition) is 4. The second-order valence-corrected chi connectivity index (χ2v) is 10.6. The van der Waals surface area contributed by atoms with Crippen LogP contribution in [0.15, 0.2) is 36.4 Å². The maximum Gasteiger partial charge on any atom is 0.256 e. The van der Waals surface area contributed by atoms with Gasteiger partial charge < -0.3 is 20.1 Å². The number of aromatic amines is 1. The van der Waals surface area contributed by atoms with Gasteiger partial charge in [0.15, 0.2) is 0 Å². The largest absolute Gasteiger partial charge is 0.342 e. The SMILES string of the molecule is Cc1nc2ccc(C(=O)N3CCN(C(=O)c4cc(CC5NNC(=O)C6CCCNC56)ccc4F)CC3)cc2[nH]1. The number of rotatable bonds is 4. The van der Waals surface area contributed by atoms with Crippen LogP contribution in [-0.2, 0) is 11.2 Å². The van der Waals surface area contributed by atoms with Crippen LogP contribution in [0.3, 0.4) is 0 Å². The van der Waals surface area contributed by atoms with Gasteiger partial charge in [-0.05, 0) is 68.6 Å². The van der Waals surface area contributed by atoms with E-state index in [9.17, 15) is 18.8 Å². The van der Waals surface area contributed by atoms with Crippen LogP contribution in [-0.4, -0.2) is 82.3 Å². The van der Waals surface area contributed by atoms with Gasteiger partial charge in [0.2, 0.25) is 5.91 Å². The molecule has 2 aromatic carbocycles. The molecule has 3 amide bonds. The number of hydrazine groups is 1. The van der Waals surface area contributed by atoms with E-state index in [0.717, 1.165) is 41.8 Å². The van der Waals surface area contributed by atoms with Crippen molar-refractivity contribution >= 4 is 28.8 Å². The van der Waals surface area contributed by atoms with Crippen LogP contribution >= 0.6 is 0 Å². The number of aryl methyl sites for hydroxylation is 1. The first kappa shape index (κ1) is 25.4. The van der Waals surface area contributed by atoms with E-state index in [4.69, 9.17) is 0 Å². The molecule has 204 valence electrons. The Hall–Kier alpha value is -3.83. The number of nitrogens with one attached hydrogen (secondary N) is 4. The van der Waals surface area contributed by atoms with Gasteiger partial charge in [-0.2, -0.15) is 0 Å². The van der Waals surface area contributed by atoms with Crippen LogP contribution in [0.5, 0.6) is 0 Å². The third-order valence-electron chi connectivity index (χ3n) is 8.07. The molecule has 4 N–H and O–H groups in total. The lowest BCUT2D eigenvalue weighted by atomic mass is 9.82. The summed E-state index contributed by atoms with van der Waals surface area (Å²) in [7, 11) is 0. The Morgan fingerprint density at radius 2 is 1.82 bits per heavy atom. The highest BCUT2D eigenvalue weighted by Crippen LogP contribution is 2.25. The van der Waals surface area contributed by atoms with Gasteiger partial charge in [0.25, 0.3) is 11.8 Å². The Morgan fingerprint density at radius 3 is 2.62 bits per heavy atom. The van der Waals surface area contributed by atoms with E-state index in [1.165, 1.54) is 6.07 Å². The van der Waals surface area contributed by atoms with Crippen molar-refractivity contribution in [2.45, 2.75) is 38.3 Å². The number of nitrogens with zero attached hydrogens (tertiary/aromatic N) is 3. The average Bonchev–Trinajstić information content (AvgIpc) is 3.34. The minimum absolute atomic E-state index is 0.00648. The highest BCUT2D eigenvalue weighted by molar-refractivity contribution is 5.98. The van der Waals surface area contributed by atoms with Crippen molar-refractivity contribution in [2.24, 2.45) is 5.92 Å². The number of piperidine rings is 1. The average molecular weight is 534 g/mol. The first-order chi connectivity index (χ1) is 18.9. The molecule has 0 bridgehead atoms. The van der Waals surface area contributed by atoms with Crippen LogP contribution in [0.2, 0.25) is 0 Å². The van der Waals surface area contributed by atoms with Crippen LogP contribution in [0, 0.1) is 18.7 Å². The van der Waals surface area contributed by atoms with Crippen LogP contribution in [0.4, 0.5) is 4.39 Å². The first-order valence-electron chi connectivity index (χ1n) is 13.5. The van der Waals surface area contributed by atoms with Gasteiger partial charge >= 0.3 is 0 Å². The lowest BCUT2D eigenvalue weighted by molar-refractivity contribution is -0.131. The van der Waals surface area contributed by atoms with E-state index in [0.29, 0.717) is 38.2 Å². The molecule has 0 aliphatic carbocycles. The summed E-state index contributed by atoms with van der Waals surface area (Å²) in [5, 5.41) is 3.45. The van der Waals surface area contributed by atoms with Gasteiger partial charge in [0.05, 0.1) is 22.5 Å². The smallest absolute Gasteiger partial charge is 0.256 e. The summed E-state index contributed by atoms with van der Waals surface area (Å²) in [6, 6.07) is 9.95. The fourth-order valence-corrected chi connectivity index (χ4v) is 6.01. The lowest BCUT2D eigenvalue weighted by Gasteiger charge is -2.41. The number of H-pyrrole nitrogens is 1. The van der Waals surface area contributed by atoms with Crippen molar-refractivity contribution < 1.29 is 18.8 Å². The molecule has 11 heteroatoms. The molecule has 3 fully saturated rings. The zero-order valence-corrected chi connectivity index (χ0v) is 21.8. The lowest BCUT2D eigenvalue weighted by Crippen LogP contribution is -2.67. The van der Waals surface area contributed by atoms with Crippen LogP contribution in [0.25, 0.3) is 11.0 Å². The molecule has 6 rings (SSSR count). The van der Waals surface area contributed by atoms with Crippen molar-refractivity contribution in [3.05, 3.63) is 64.7 Å². The Kier molecular flexibility index (Phi) is 6.78. The number of aromatic nitrogens is 2. The fraction of sp³-hybridized carbons (Fsp3) is 0.429. The molecule has 4 heterocycles. The summed E-state index contributed by atoms with van der Waals surface area (Å²) in [5.41, 5.74) is 8.88. The third-order valence-corrected chi connectivity index (χ3v) is 8.07. The van der Waals surface area contributed by atoms with E-state index in [2.05, 4.69) is 26.1 Å². The van der Waals surface area contributed by atoms with Gasteiger partial charge in [-0.15, -0.1) is 0 Å². The molecule has 3 saturated heterocycles. The van der Waals surface area contributed by atoms with E-state index >= 15 is 0 Å². The Bertz CT molecular complexity index is 1430. The number of imidazole rings is 1. The summed E-state index contributed by atoms with van der Waals surface area (Å²) < 4.78 is 14.8. The topological polar surface area (TPSA) is 122 Å². The maximum absolute atomic E-state index is 14.8. The van der Waals surface area contributed by atoms with Crippen LogP contribution < -0.4 is 16.2 Å². The number of carbonyl (C=O) groups excluding carboxylic acids is 3. The molecule has 3 aliphatic rings. The molecular formula is C28H32FN7O3. The predicted molar refractivity (Wildman–Crippen MR) is 142 cm³/mol. The molecule has 0 saturated carbocycles.